The third-order valence-corrected chi connectivity index (χ3v) is 7.74. The summed E-state index contributed by atoms with van der Waals surface area (Å²) in [5.41, 5.74) is 2.84. The van der Waals surface area contributed by atoms with E-state index in [1.807, 2.05) is 49.1 Å². The molecule has 0 unspecified atom stereocenters. The minimum absolute atomic E-state index is 0.0129. The van der Waals surface area contributed by atoms with E-state index in [-0.39, 0.29) is 29.4 Å². The second-order valence-corrected chi connectivity index (χ2v) is 10.4. The molecule has 1 aliphatic rings. The van der Waals surface area contributed by atoms with E-state index in [0.29, 0.717) is 24.9 Å². The van der Waals surface area contributed by atoms with Crippen LogP contribution in [0.5, 0.6) is 0 Å². The molecule has 0 atom stereocenters. The lowest BCUT2D eigenvalue weighted by atomic mass is 10.2. The van der Waals surface area contributed by atoms with Gasteiger partial charge in [0.15, 0.2) is 0 Å². The van der Waals surface area contributed by atoms with E-state index in [1.165, 1.54) is 22.0 Å². The largest absolute Gasteiger partial charge is 0.340 e. The summed E-state index contributed by atoms with van der Waals surface area (Å²) in [4.78, 5) is 11.1. The van der Waals surface area contributed by atoms with Gasteiger partial charge < -0.3 is 10.2 Å². The number of aromatic nitrogens is 6. The number of piperazine rings is 1. The summed E-state index contributed by atoms with van der Waals surface area (Å²) < 4.78 is 42.2. The molecule has 186 valence electrons. The highest BCUT2D eigenvalue weighted by molar-refractivity contribution is 7.89. The Hall–Kier alpha value is -3.97. The van der Waals surface area contributed by atoms with Crippen LogP contribution in [0, 0.1) is 19.7 Å². The fourth-order valence-corrected chi connectivity index (χ4v) is 5.38. The van der Waals surface area contributed by atoms with Crippen molar-refractivity contribution in [1.29, 1.82) is 0 Å². The molecular formula is C23H24FN9O2S. The van der Waals surface area contributed by atoms with Crippen LogP contribution < -0.4 is 10.2 Å². The van der Waals surface area contributed by atoms with E-state index in [0.717, 1.165) is 17.4 Å². The molecule has 2 aromatic heterocycles. The number of aryl methyl sites for hydroxylation is 2. The Morgan fingerprint density at radius 1 is 0.972 bits per heavy atom. The highest BCUT2D eigenvalue weighted by atomic mass is 32.2. The molecule has 36 heavy (non-hydrogen) atoms. The highest BCUT2D eigenvalue weighted by Gasteiger charge is 2.30. The number of halogens is 1. The van der Waals surface area contributed by atoms with Crippen LogP contribution in [0.2, 0.25) is 0 Å². The molecule has 0 saturated carbocycles. The van der Waals surface area contributed by atoms with Crippen LogP contribution in [0.3, 0.4) is 0 Å². The van der Waals surface area contributed by atoms with E-state index in [2.05, 4.69) is 35.9 Å². The number of H-pyrrole nitrogens is 1. The van der Waals surface area contributed by atoms with Gasteiger partial charge in [-0.2, -0.15) is 14.5 Å². The van der Waals surface area contributed by atoms with Crippen molar-refractivity contribution in [3.63, 3.8) is 0 Å². The monoisotopic (exact) mass is 509 g/mol. The van der Waals surface area contributed by atoms with Gasteiger partial charge in [-0.15, -0.1) is 10.2 Å². The molecule has 11 nitrogen and oxygen atoms in total. The second kappa shape index (κ2) is 9.59. The van der Waals surface area contributed by atoms with Crippen molar-refractivity contribution in [2.45, 2.75) is 18.7 Å². The second-order valence-electron chi connectivity index (χ2n) is 8.45. The summed E-state index contributed by atoms with van der Waals surface area (Å²) in [5, 5.41) is 16.4. The lowest BCUT2D eigenvalue weighted by Gasteiger charge is -2.34. The first-order valence-corrected chi connectivity index (χ1v) is 12.7. The number of aromatic amines is 1. The molecule has 0 bridgehead atoms. The van der Waals surface area contributed by atoms with Crippen LogP contribution in [0.25, 0.3) is 11.4 Å². The maximum atomic E-state index is 14.3. The smallest absolute Gasteiger partial charge is 0.243 e. The third-order valence-electron chi connectivity index (χ3n) is 5.85. The van der Waals surface area contributed by atoms with Crippen molar-refractivity contribution in [3.05, 3.63) is 65.6 Å². The predicted octanol–water partition coefficient (Wildman–Crippen LogP) is 2.67. The maximum absolute atomic E-state index is 14.3. The number of hydrogen-bond acceptors (Lipinski definition) is 9. The van der Waals surface area contributed by atoms with Gasteiger partial charge in [-0.3, -0.25) is 0 Å². The van der Waals surface area contributed by atoms with E-state index < -0.39 is 15.8 Å². The molecule has 1 aliphatic heterocycles. The van der Waals surface area contributed by atoms with E-state index in [4.69, 9.17) is 0 Å². The lowest BCUT2D eigenvalue weighted by Crippen LogP contribution is -2.49. The zero-order valence-electron chi connectivity index (χ0n) is 19.7. The van der Waals surface area contributed by atoms with Gasteiger partial charge in [0.2, 0.25) is 21.8 Å². The standard InChI is InChI=1S/C23H24FN9O2S/c1-15-3-5-17(6-4-15)26-21-13-16(2)25-23(27-21)32-9-11-33(12-10-32)36(34,35)18-7-8-20(24)19(14-18)22-28-30-31-29-22/h3-8,13-14H,9-12H2,1-2H3,(H,25,26,27)(H,28,29,30,31). The van der Waals surface area contributed by atoms with Crippen LogP contribution >= 0.6 is 0 Å². The van der Waals surface area contributed by atoms with E-state index >= 15 is 0 Å². The lowest BCUT2D eigenvalue weighted by molar-refractivity contribution is 0.382. The Morgan fingerprint density at radius 2 is 1.72 bits per heavy atom. The Morgan fingerprint density at radius 3 is 2.42 bits per heavy atom. The van der Waals surface area contributed by atoms with Crippen molar-refractivity contribution >= 4 is 27.5 Å². The van der Waals surface area contributed by atoms with Gasteiger partial charge in [0.05, 0.1) is 10.5 Å². The van der Waals surface area contributed by atoms with Gasteiger partial charge in [0.1, 0.15) is 11.6 Å². The average Bonchev–Trinajstić information content (AvgIpc) is 3.40. The molecule has 13 heteroatoms. The average molecular weight is 510 g/mol. The number of sulfonamides is 1. The number of tetrazole rings is 1. The summed E-state index contributed by atoms with van der Waals surface area (Å²) >= 11 is 0. The molecule has 4 aromatic rings. The Kier molecular flexibility index (Phi) is 6.33. The van der Waals surface area contributed by atoms with Gasteiger partial charge in [-0.1, -0.05) is 17.7 Å². The first kappa shape index (κ1) is 23.8. The van der Waals surface area contributed by atoms with Crippen molar-refractivity contribution in [1.82, 2.24) is 34.9 Å². The molecule has 0 amide bonds. The van der Waals surface area contributed by atoms with Crippen LogP contribution in [0.1, 0.15) is 11.3 Å². The van der Waals surface area contributed by atoms with Crippen molar-refractivity contribution in [2.75, 3.05) is 36.4 Å². The Bertz CT molecular complexity index is 1470. The van der Waals surface area contributed by atoms with E-state index in [1.54, 1.807) is 0 Å². The molecule has 3 heterocycles. The van der Waals surface area contributed by atoms with Crippen LogP contribution in [0.15, 0.2) is 53.4 Å². The fourth-order valence-electron chi connectivity index (χ4n) is 3.93. The van der Waals surface area contributed by atoms with Gasteiger partial charge in [0.25, 0.3) is 0 Å². The quantitative estimate of drug-likeness (QED) is 0.402. The summed E-state index contributed by atoms with van der Waals surface area (Å²) in [6.45, 7) is 5.20. The Balaban J connectivity index is 1.31. The van der Waals surface area contributed by atoms with Gasteiger partial charge in [0, 0.05) is 43.6 Å². The zero-order chi connectivity index (χ0) is 25.3. The first-order valence-electron chi connectivity index (χ1n) is 11.3. The normalized spacial score (nSPS) is 14.7. The molecule has 1 saturated heterocycles. The third kappa shape index (κ3) is 4.88. The SMILES string of the molecule is Cc1ccc(Nc2cc(C)nc(N3CCN(S(=O)(=O)c4ccc(F)c(-c5nn[nH]n5)c4)CC3)n2)cc1. The van der Waals surface area contributed by atoms with Gasteiger partial charge in [-0.25, -0.2) is 17.8 Å². The maximum Gasteiger partial charge on any atom is 0.243 e. The zero-order valence-corrected chi connectivity index (χ0v) is 20.5. The first-order chi connectivity index (χ1) is 17.3. The number of anilines is 3. The fraction of sp³-hybridized carbons (Fsp3) is 0.261. The number of nitrogens with zero attached hydrogens (tertiary/aromatic N) is 7. The van der Waals surface area contributed by atoms with Gasteiger partial charge in [-0.05, 0) is 49.4 Å². The molecule has 1 fully saturated rings. The van der Waals surface area contributed by atoms with Crippen LogP contribution in [0.4, 0.5) is 21.8 Å². The van der Waals surface area contributed by atoms with E-state index in [9.17, 15) is 12.8 Å². The molecule has 0 spiro atoms. The summed E-state index contributed by atoms with van der Waals surface area (Å²) in [5.74, 6) is 0.548. The Labute approximate surface area is 207 Å². The minimum atomic E-state index is -3.86. The highest BCUT2D eigenvalue weighted by Crippen LogP contribution is 2.26. The number of hydrogen-bond donors (Lipinski definition) is 2. The topological polar surface area (TPSA) is 133 Å². The molecule has 0 radical (unpaired) electrons. The molecule has 2 aromatic carbocycles. The van der Waals surface area contributed by atoms with Crippen molar-refractivity contribution < 1.29 is 12.8 Å². The van der Waals surface area contributed by atoms with Crippen molar-refractivity contribution in [2.24, 2.45) is 0 Å². The molecular weight excluding hydrogens is 485 g/mol. The van der Waals surface area contributed by atoms with Gasteiger partial charge >= 0.3 is 0 Å². The number of rotatable bonds is 6. The van der Waals surface area contributed by atoms with Crippen molar-refractivity contribution in [3.8, 4) is 11.4 Å². The summed E-state index contributed by atoms with van der Waals surface area (Å²) in [6, 6.07) is 13.4. The van der Waals surface area contributed by atoms with Crippen LogP contribution in [-0.2, 0) is 10.0 Å². The van der Waals surface area contributed by atoms with Crippen LogP contribution in [-0.4, -0.2) is 69.5 Å². The number of benzene rings is 2. The predicted molar refractivity (Wildman–Crippen MR) is 132 cm³/mol. The number of nitrogens with one attached hydrogen (secondary N) is 2. The summed E-state index contributed by atoms with van der Waals surface area (Å²) in [7, 11) is -3.86. The summed E-state index contributed by atoms with van der Waals surface area (Å²) in [6.07, 6.45) is 0. The molecule has 0 aliphatic carbocycles. The molecule has 2 N–H and O–H groups in total. The molecule has 5 rings (SSSR count). The minimum Gasteiger partial charge on any atom is -0.340 e.